The Hall–Kier alpha value is -3.82. The molecule has 32 heavy (non-hydrogen) atoms. The second-order valence-electron chi connectivity index (χ2n) is 7.77. The van der Waals surface area contributed by atoms with Crippen LogP contribution < -0.4 is 11.1 Å². The molecular weight excluding hydrogens is 412 g/mol. The van der Waals surface area contributed by atoms with E-state index >= 15 is 0 Å². The van der Waals surface area contributed by atoms with Gasteiger partial charge in [-0.3, -0.25) is 19.3 Å². The number of aromatic nitrogens is 3. The molecule has 2 amide bonds. The molecule has 0 saturated carbocycles. The molecule has 3 N–H and O–H groups in total. The number of hydrogen-bond donors (Lipinski definition) is 2. The van der Waals surface area contributed by atoms with Crippen molar-refractivity contribution < 1.29 is 19.1 Å². The number of benzene rings is 1. The van der Waals surface area contributed by atoms with Crippen LogP contribution in [0, 0.1) is 18.8 Å². The lowest BCUT2D eigenvalue weighted by Crippen LogP contribution is -2.33. The molecule has 0 radical (unpaired) electrons. The number of imide groups is 1. The number of esters is 1. The van der Waals surface area contributed by atoms with Crippen molar-refractivity contribution in [2.75, 3.05) is 17.6 Å². The van der Waals surface area contributed by atoms with E-state index in [0.29, 0.717) is 12.8 Å². The zero-order valence-electron chi connectivity index (χ0n) is 17.7. The lowest BCUT2D eigenvalue weighted by atomic mass is 9.85. The zero-order chi connectivity index (χ0) is 22.7. The summed E-state index contributed by atoms with van der Waals surface area (Å²) in [4.78, 5) is 50.6. The Balaban J connectivity index is 1.31. The quantitative estimate of drug-likeness (QED) is 0.378. The van der Waals surface area contributed by atoms with Crippen LogP contribution >= 0.6 is 0 Å². The second-order valence-corrected chi connectivity index (χ2v) is 7.77. The number of allylic oxidation sites excluding steroid dienone is 2. The van der Waals surface area contributed by atoms with Crippen LogP contribution in [0.2, 0.25) is 0 Å². The standard InChI is InChI=1S/C22H24N6O4/c1-13-6-2-5-9-16(13)24-22-26-17(25-21(23)27-22)12-32-18(29)10-11-28-19(30)14-7-3-4-8-15(14)20(28)31/h2-6,9,14-15H,7-8,10-12H2,1H3,(H3,23,24,25,26,27). The average molecular weight is 436 g/mol. The maximum absolute atomic E-state index is 12.5. The monoisotopic (exact) mass is 436 g/mol. The highest BCUT2D eigenvalue weighted by atomic mass is 16.5. The zero-order valence-corrected chi connectivity index (χ0v) is 17.7. The Bertz CT molecular complexity index is 1060. The maximum Gasteiger partial charge on any atom is 0.308 e. The van der Waals surface area contributed by atoms with Crippen LogP contribution in [0.15, 0.2) is 36.4 Å². The fraction of sp³-hybridized carbons (Fsp3) is 0.364. The SMILES string of the molecule is Cc1ccccc1Nc1nc(N)nc(COC(=O)CCN2C(=O)C3CC=CCC3C2=O)n1. The molecule has 1 saturated heterocycles. The summed E-state index contributed by atoms with van der Waals surface area (Å²) < 4.78 is 5.22. The van der Waals surface area contributed by atoms with Gasteiger partial charge in [-0.2, -0.15) is 15.0 Å². The number of carbonyl (C=O) groups is 3. The van der Waals surface area contributed by atoms with Gasteiger partial charge in [0.1, 0.15) is 0 Å². The number of nitrogens with two attached hydrogens (primary N) is 1. The van der Waals surface area contributed by atoms with Crippen molar-refractivity contribution in [2.45, 2.75) is 32.8 Å². The normalized spacial score (nSPS) is 19.7. The van der Waals surface area contributed by atoms with Gasteiger partial charge in [0, 0.05) is 12.2 Å². The van der Waals surface area contributed by atoms with Crippen molar-refractivity contribution in [3.8, 4) is 0 Å². The highest BCUT2D eigenvalue weighted by Gasteiger charge is 2.46. The minimum Gasteiger partial charge on any atom is -0.457 e. The highest BCUT2D eigenvalue weighted by Crippen LogP contribution is 2.35. The molecule has 2 heterocycles. The van der Waals surface area contributed by atoms with E-state index in [0.717, 1.165) is 11.3 Å². The number of amides is 2. The first-order valence-electron chi connectivity index (χ1n) is 10.4. The third-order valence-electron chi connectivity index (χ3n) is 5.59. The van der Waals surface area contributed by atoms with Crippen LogP contribution in [0.25, 0.3) is 0 Å². The number of nitrogens with zero attached hydrogens (tertiary/aromatic N) is 4. The van der Waals surface area contributed by atoms with E-state index in [-0.39, 0.29) is 60.9 Å². The van der Waals surface area contributed by atoms with Crippen LogP contribution in [0.3, 0.4) is 0 Å². The van der Waals surface area contributed by atoms with E-state index in [4.69, 9.17) is 10.5 Å². The van der Waals surface area contributed by atoms with E-state index < -0.39 is 5.97 Å². The van der Waals surface area contributed by atoms with Crippen molar-refractivity contribution in [3.63, 3.8) is 0 Å². The van der Waals surface area contributed by atoms with E-state index in [2.05, 4.69) is 20.3 Å². The summed E-state index contributed by atoms with van der Waals surface area (Å²) in [7, 11) is 0. The Morgan fingerprint density at radius 2 is 1.81 bits per heavy atom. The lowest BCUT2D eigenvalue weighted by Gasteiger charge is -2.14. The smallest absolute Gasteiger partial charge is 0.308 e. The molecular formula is C22H24N6O4. The van der Waals surface area contributed by atoms with Gasteiger partial charge >= 0.3 is 5.97 Å². The fourth-order valence-corrected chi connectivity index (χ4v) is 3.90. The van der Waals surface area contributed by atoms with Gasteiger partial charge in [-0.1, -0.05) is 30.4 Å². The first kappa shape index (κ1) is 21.4. The number of hydrogen-bond acceptors (Lipinski definition) is 9. The number of ether oxygens (including phenoxy) is 1. The summed E-state index contributed by atoms with van der Waals surface area (Å²) in [6, 6.07) is 7.62. The number of carbonyl (C=O) groups excluding carboxylic acids is 3. The Kier molecular flexibility index (Phi) is 6.11. The van der Waals surface area contributed by atoms with E-state index in [1.54, 1.807) is 0 Å². The van der Waals surface area contributed by atoms with E-state index in [9.17, 15) is 14.4 Å². The molecule has 0 spiro atoms. The number of aryl methyl sites for hydroxylation is 1. The predicted molar refractivity (Wildman–Crippen MR) is 115 cm³/mol. The van der Waals surface area contributed by atoms with Gasteiger partial charge in [-0.05, 0) is 31.4 Å². The molecule has 0 bridgehead atoms. The third-order valence-corrected chi connectivity index (χ3v) is 5.59. The molecule has 2 unspecified atom stereocenters. The molecule has 2 aliphatic rings. The van der Waals surface area contributed by atoms with Crippen LogP contribution in [0.5, 0.6) is 0 Å². The Morgan fingerprint density at radius 1 is 1.12 bits per heavy atom. The summed E-state index contributed by atoms with van der Waals surface area (Å²) in [5.74, 6) is -1.19. The first-order valence-corrected chi connectivity index (χ1v) is 10.4. The lowest BCUT2D eigenvalue weighted by molar-refractivity contribution is -0.147. The number of para-hydroxylation sites is 1. The molecule has 1 aliphatic carbocycles. The summed E-state index contributed by atoms with van der Waals surface area (Å²) in [6.45, 7) is 1.74. The summed E-state index contributed by atoms with van der Waals surface area (Å²) in [6.07, 6.45) is 4.88. The molecule has 1 fully saturated rings. The van der Waals surface area contributed by atoms with Gasteiger partial charge in [-0.15, -0.1) is 0 Å². The summed E-state index contributed by atoms with van der Waals surface area (Å²) >= 11 is 0. The Labute approximate surface area is 184 Å². The van der Waals surface area contributed by atoms with Crippen LogP contribution in [0.1, 0.15) is 30.7 Å². The molecule has 10 nitrogen and oxygen atoms in total. The minimum absolute atomic E-state index is 0.00291. The molecule has 10 heteroatoms. The van der Waals surface area contributed by atoms with Crippen molar-refractivity contribution in [2.24, 2.45) is 11.8 Å². The molecule has 2 aromatic rings. The molecule has 2 atom stereocenters. The van der Waals surface area contributed by atoms with Crippen molar-refractivity contribution in [1.82, 2.24) is 19.9 Å². The number of nitrogen functional groups attached to an aromatic ring is 1. The van der Waals surface area contributed by atoms with Gasteiger partial charge in [0.2, 0.25) is 23.7 Å². The number of rotatable bonds is 7. The predicted octanol–water partition coefficient (Wildman–Crippen LogP) is 1.89. The molecule has 1 aromatic carbocycles. The molecule has 1 aliphatic heterocycles. The average Bonchev–Trinajstić information content (AvgIpc) is 3.02. The summed E-state index contributed by atoms with van der Waals surface area (Å²) in [5, 5.41) is 3.07. The third kappa shape index (κ3) is 4.58. The topological polar surface area (TPSA) is 140 Å². The van der Waals surface area contributed by atoms with E-state index in [1.807, 2.05) is 43.3 Å². The largest absolute Gasteiger partial charge is 0.457 e. The van der Waals surface area contributed by atoms with Crippen LogP contribution in [-0.4, -0.2) is 44.2 Å². The maximum atomic E-state index is 12.5. The number of fused-ring (bicyclic) bond motifs is 1. The van der Waals surface area contributed by atoms with Gasteiger partial charge in [0.05, 0.1) is 18.3 Å². The second kappa shape index (κ2) is 9.13. The Morgan fingerprint density at radius 3 is 2.50 bits per heavy atom. The van der Waals surface area contributed by atoms with Crippen molar-refractivity contribution >= 4 is 35.4 Å². The van der Waals surface area contributed by atoms with Crippen molar-refractivity contribution in [3.05, 3.63) is 47.8 Å². The van der Waals surface area contributed by atoms with Gasteiger partial charge in [0.15, 0.2) is 12.4 Å². The number of nitrogens with one attached hydrogen (secondary N) is 1. The van der Waals surface area contributed by atoms with Crippen LogP contribution in [-0.2, 0) is 25.7 Å². The molecule has 166 valence electrons. The highest BCUT2D eigenvalue weighted by molar-refractivity contribution is 6.05. The molecule has 4 rings (SSSR count). The number of likely N-dealkylation sites (tertiary alicyclic amines) is 1. The van der Waals surface area contributed by atoms with Crippen molar-refractivity contribution in [1.29, 1.82) is 0 Å². The van der Waals surface area contributed by atoms with E-state index in [1.165, 1.54) is 4.90 Å². The number of anilines is 3. The van der Waals surface area contributed by atoms with Gasteiger partial charge in [0.25, 0.3) is 0 Å². The fourth-order valence-electron chi connectivity index (χ4n) is 3.90. The first-order chi connectivity index (χ1) is 15.4. The van der Waals surface area contributed by atoms with Gasteiger partial charge in [-0.25, -0.2) is 0 Å². The summed E-state index contributed by atoms with van der Waals surface area (Å²) in [5.41, 5.74) is 7.57. The van der Waals surface area contributed by atoms with Gasteiger partial charge < -0.3 is 15.8 Å². The van der Waals surface area contributed by atoms with Crippen LogP contribution in [0.4, 0.5) is 17.6 Å². The minimum atomic E-state index is -0.564. The molecule has 1 aromatic heterocycles.